The molecule has 108 valence electrons. The van der Waals surface area contributed by atoms with Gasteiger partial charge in [-0.25, -0.2) is 0 Å². The fourth-order valence-electron chi connectivity index (χ4n) is 2.64. The van der Waals surface area contributed by atoms with Crippen molar-refractivity contribution < 1.29 is 14.7 Å². The van der Waals surface area contributed by atoms with Gasteiger partial charge in [-0.05, 0) is 25.3 Å². The standard InChI is InChI=1S/C13H23N3O3/c1-10-9-16(7-3-11(10)17)13(19)12(18)15-6-2-4-14-5-8-15/h10-11,14,17H,2-9H2,1H3. The Bertz CT molecular complexity index is 340. The molecule has 2 fully saturated rings. The van der Waals surface area contributed by atoms with Crippen LogP contribution in [0.2, 0.25) is 0 Å². The minimum Gasteiger partial charge on any atom is -0.393 e. The van der Waals surface area contributed by atoms with Crippen molar-refractivity contribution in [3.63, 3.8) is 0 Å². The van der Waals surface area contributed by atoms with E-state index in [2.05, 4.69) is 5.32 Å². The second-order valence-electron chi connectivity index (χ2n) is 5.48. The number of aliphatic hydroxyl groups is 1. The molecule has 6 heteroatoms. The number of aliphatic hydroxyl groups excluding tert-OH is 1. The first-order valence-corrected chi connectivity index (χ1v) is 7.06. The van der Waals surface area contributed by atoms with Crippen LogP contribution in [0.4, 0.5) is 0 Å². The lowest BCUT2D eigenvalue weighted by molar-refractivity contribution is -0.153. The zero-order chi connectivity index (χ0) is 13.8. The Balaban J connectivity index is 1.93. The van der Waals surface area contributed by atoms with Crippen LogP contribution in [0.3, 0.4) is 0 Å². The minimum atomic E-state index is -0.416. The van der Waals surface area contributed by atoms with Crippen LogP contribution in [0.1, 0.15) is 19.8 Å². The molecule has 19 heavy (non-hydrogen) atoms. The van der Waals surface area contributed by atoms with Gasteiger partial charge in [0.25, 0.3) is 0 Å². The van der Waals surface area contributed by atoms with Crippen LogP contribution in [-0.4, -0.2) is 72.1 Å². The average Bonchev–Trinajstić information content (AvgIpc) is 2.69. The Labute approximate surface area is 113 Å². The monoisotopic (exact) mass is 269 g/mol. The van der Waals surface area contributed by atoms with Crippen LogP contribution >= 0.6 is 0 Å². The highest BCUT2D eigenvalue weighted by Gasteiger charge is 2.32. The van der Waals surface area contributed by atoms with E-state index in [4.69, 9.17) is 0 Å². The van der Waals surface area contributed by atoms with Crippen molar-refractivity contribution in [2.24, 2.45) is 5.92 Å². The lowest BCUT2D eigenvalue weighted by Crippen LogP contribution is -2.51. The van der Waals surface area contributed by atoms with Gasteiger partial charge >= 0.3 is 11.8 Å². The Morgan fingerprint density at radius 3 is 2.58 bits per heavy atom. The normalized spacial score (nSPS) is 28.9. The van der Waals surface area contributed by atoms with E-state index in [-0.39, 0.29) is 12.0 Å². The third-order valence-corrected chi connectivity index (χ3v) is 3.96. The van der Waals surface area contributed by atoms with Gasteiger partial charge < -0.3 is 20.2 Å². The molecule has 0 aromatic heterocycles. The summed E-state index contributed by atoms with van der Waals surface area (Å²) in [4.78, 5) is 27.6. The molecule has 0 spiro atoms. The van der Waals surface area contributed by atoms with E-state index in [1.807, 2.05) is 6.92 Å². The third-order valence-electron chi connectivity index (χ3n) is 3.96. The summed E-state index contributed by atoms with van der Waals surface area (Å²) in [5.41, 5.74) is 0. The molecule has 2 amide bonds. The Kier molecular flexibility index (Phi) is 4.76. The van der Waals surface area contributed by atoms with E-state index >= 15 is 0 Å². The van der Waals surface area contributed by atoms with Gasteiger partial charge in [-0.2, -0.15) is 0 Å². The van der Waals surface area contributed by atoms with Gasteiger partial charge in [-0.15, -0.1) is 0 Å². The first kappa shape index (κ1) is 14.3. The van der Waals surface area contributed by atoms with Crippen molar-refractivity contribution in [1.82, 2.24) is 15.1 Å². The van der Waals surface area contributed by atoms with Crippen LogP contribution in [-0.2, 0) is 9.59 Å². The molecule has 2 rings (SSSR count). The Hall–Kier alpha value is -1.14. The summed E-state index contributed by atoms with van der Waals surface area (Å²) in [6, 6.07) is 0. The molecule has 2 aliphatic heterocycles. The maximum atomic E-state index is 12.2. The second-order valence-corrected chi connectivity index (χ2v) is 5.48. The van der Waals surface area contributed by atoms with Gasteiger partial charge in [0, 0.05) is 32.7 Å². The summed E-state index contributed by atoms with van der Waals surface area (Å²) < 4.78 is 0. The smallest absolute Gasteiger partial charge is 0.312 e. The molecule has 0 aromatic rings. The topological polar surface area (TPSA) is 72.9 Å². The zero-order valence-electron chi connectivity index (χ0n) is 11.5. The molecule has 0 saturated carbocycles. The molecule has 2 unspecified atom stereocenters. The predicted molar refractivity (Wildman–Crippen MR) is 70.4 cm³/mol. The van der Waals surface area contributed by atoms with Crippen LogP contribution < -0.4 is 5.32 Å². The first-order valence-electron chi connectivity index (χ1n) is 7.06. The van der Waals surface area contributed by atoms with Crippen molar-refractivity contribution in [2.75, 3.05) is 39.3 Å². The fourth-order valence-corrected chi connectivity index (χ4v) is 2.64. The molecule has 2 aliphatic rings. The highest BCUT2D eigenvalue weighted by Crippen LogP contribution is 2.17. The van der Waals surface area contributed by atoms with Crippen LogP contribution in [0, 0.1) is 5.92 Å². The van der Waals surface area contributed by atoms with Gasteiger partial charge in [-0.1, -0.05) is 6.92 Å². The minimum absolute atomic E-state index is 0.0382. The number of rotatable bonds is 0. The lowest BCUT2D eigenvalue weighted by atomic mass is 9.97. The van der Waals surface area contributed by atoms with E-state index in [9.17, 15) is 14.7 Å². The highest BCUT2D eigenvalue weighted by atomic mass is 16.3. The van der Waals surface area contributed by atoms with Crippen molar-refractivity contribution in [2.45, 2.75) is 25.9 Å². The number of piperidine rings is 1. The number of hydrogen-bond acceptors (Lipinski definition) is 4. The molecule has 2 heterocycles. The number of hydrogen-bond donors (Lipinski definition) is 2. The van der Waals surface area contributed by atoms with E-state index < -0.39 is 11.8 Å². The van der Waals surface area contributed by atoms with Crippen molar-refractivity contribution in [3.8, 4) is 0 Å². The average molecular weight is 269 g/mol. The molecular weight excluding hydrogens is 246 g/mol. The molecule has 2 saturated heterocycles. The largest absolute Gasteiger partial charge is 0.393 e. The number of amides is 2. The van der Waals surface area contributed by atoms with Gasteiger partial charge in [0.15, 0.2) is 0 Å². The van der Waals surface area contributed by atoms with E-state index in [1.165, 1.54) is 0 Å². The summed E-state index contributed by atoms with van der Waals surface area (Å²) in [7, 11) is 0. The predicted octanol–water partition coefficient (Wildman–Crippen LogP) is -0.962. The lowest BCUT2D eigenvalue weighted by Gasteiger charge is -2.34. The molecule has 2 N–H and O–H groups in total. The molecule has 0 radical (unpaired) electrons. The van der Waals surface area contributed by atoms with Gasteiger partial charge in [-0.3, -0.25) is 9.59 Å². The summed E-state index contributed by atoms with van der Waals surface area (Å²) in [6.45, 7) is 5.73. The van der Waals surface area contributed by atoms with E-state index in [0.717, 1.165) is 19.5 Å². The second kappa shape index (κ2) is 6.34. The highest BCUT2D eigenvalue weighted by molar-refractivity contribution is 6.34. The molecule has 0 bridgehead atoms. The SMILES string of the molecule is CC1CN(C(=O)C(=O)N2CCCNCC2)CCC1O. The maximum absolute atomic E-state index is 12.2. The summed E-state index contributed by atoms with van der Waals surface area (Å²) >= 11 is 0. The number of carbonyl (C=O) groups is 2. The van der Waals surface area contributed by atoms with Crippen molar-refractivity contribution >= 4 is 11.8 Å². The number of likely N-dealkylation sites (tertiary alicyclic amines) is 1. The summed E-state index contributed by atoms with van der Waals surface area (Å²) in [5.74, 6) is -0.774. The third kappa shape index (κ3) is 3.45. The Morgan fingerprint density at radius 2 is 1.84 bits per heavy atom. The molecular formula is C13H23N3O3. The van der Waals surface area contributed by atoms with E-state index in [0.29, 0.717) is 32.6 Å². The first-order chi connectivity index (χ1) is 9.09. The van der Waals surface area contributed by atoms with Crippen LogP contribution in [0.5, 0.6) is 0 Å². The van der Waals surface area contributed by atoms with Crippen molar-refractivity contribution in [1.29, 1.82) is 0 Å². The number of nitrogens with one attached hydrogen (secondary N) is 1. The van der Waals surface area contributed by atoms with Crippen molar-refractivity contribution in [3.05, 3.63) is 0 Å². The molecule has 2 atom stereocenters. The fraction of sp³-hybridized carbons (Fsp3) is 0.846. The van der Waals surface area contributed by atoms with Gasteiger partial charge in [0.1, 0.15) is 0 Å². The van der Waals surface area contributed by atoms with Gasteiger partial charge in [0.2, 0.25) is 0 Å². The van der Waals surface area contributed by atoms with Crippen LogP contribution in [0.25, 0.3) is 0 Å². The van der Waals surface area contributed by atoms with Gasteiger partial charge in [0.05, 0.1) is 6.10 Å². The quantitative estimate of drug-likeness (QED) is 0.556. The van der Waals surface area contributed by atoms with E-state index in [1.54, 1.807) is 9.80 Å². The summed E-state index contributed by atoms with van der Waals surface area (Å²) in [5, 5.41) is 12.9. The summed E-state index contributed by atoms with van der Waals surface area (Å²) in [6.07, 6.45) is 1.08. The van der Waals surface area contributed by atoms with Crippen LogP contribution in [0.15, 0.2) is 0 Å². The molecule has 0 aromatic carbocycles. The maximum Gasteiger partial charge on any atom is 0.312 e. The Morgan fingerprint density at radius 1 is 1.11 bits per heavy atom. The zero-order valence-corrected chi connectivity index (χ0v) is 11.5. The number of nitrogens with zero attached hydrogens (tertiary/aromatic N) is 2. The molecule has 6 nitrogen and oxygen atoms in total. The molecule has 0 aliphatic carbocycles. The number of carbonyl (C=O) groups excluding carboxylic acids is 2.